The molecular weight excluding hydrogens is 322 g/mol. The second-order valence-corrected chi connectivity index (χ2v) is 5.53. The van der Waals surface area contributed by atoms with Crippen LogP contribution in [0.5, 0.6) is 5.75 Å². The predicted molar refractivity (Wildman–Crippen MR) is 91.6 cm³/mol. The molecule has 2 aromatic carbocycles. The van der Waals surface area contributed by atoms with E-state index < -0.39 is 24.0 Å². The van der Waals surface area contributed by atoms with Crippen molar-refractivity contribution < 1.29 is 19.1 Å². The van der Waals surface area contributed by atoms with Crippen LogP contribution in [0, 0.1) is 0 Å². The summed E-state index contributed by atoms with van der Waals surface area (Å²) in [5.41, 5.74) is 1.25. The van der Waals surface area contributed by atoms with Crippen molar-refractivity contribution in [1.29, 1.82) is 0 Å². The summed E-state index contributed by atoms with van der Waals surface area (Å²) in [5, 5.41) is 5.24. The molecule has 1 atom stereocenters. The number of carbonyl (C=O) groups is 3. The molecule has 1 aliphatic rings. The largest absolute Gasteiger partial charge is 0.497 e. The van der Waals surface area contributed by atoms with E-state index in [2.05, 4.69) is 10.6 Å². The summed E-state index contributed by atoms with van der Waals surface area (Å²) in [6.07, 6.45) is -0.786. The Hall–Kier alpha value is -3.35. The maximum atomic E-state index is 12.4. The zero-order valence-electron chi connectivity index (χ0n) is 13.8. The molecule has 7 heteroatoms. The summed E-state index contributed by atoms with van der Waals surface area (Å²) in [6, 6.07) is 12.9. The van der Waals surface area contributed by atoms with Crippen LogP contribution in [0.1, 0.15) is 27.6 Å². The summed E-state index contributed by atoms with van der Waals surface area (Å²) in [6.45, 7) is 1.58. The Bertz CT molecular complexity index is 797. The SMILES string of the molecule is COc1ccc(NC(=O)NC(C)N2C(=O)c3ccccc3C2=O)cc1. The smallest absolute Gasteiger partial charge is 0.320 e. The molecule has 0 spiro atoms. The Morgan fingerprint density at radius 1 is 1.00 bits per heavy atom. The van der Waals surface area contributed by atoms with Gasteiger partial charge in [0.25, 0.3) is 11.8 Å². The fourth-order valence-electron chi connectivity index (χ4n) is 2.66. The van der Waals surface area contributed by atoms with E-state index in [1.54, 1.807) is 62.6 Å². The van der Waals surface area contributed by atoms with Crippen molar-refractivity contribution in [2.24, 2.45) is 0 Å². The molecule has 1 heterocycles. The number of ether oxygens (including phenoxy) is 1. The van der Waals surface area contributed by atoms with Crippen LogP contribution in [0.15, 0.2) is 48.5 Å². The van der Waals surface area contributed by atoms with Crippen LogP contribution < -0.4 is 15.4 Å². The van der Waals surface area contributed by atoms with Crippen LogP contribution in [0.4, 0.5) is 10.5 Å². The fraction of sp³-hybridized carbons (Fsp3) is 0.167. The van der Waals surface area contributed by atoms with Crippen molar-refractivity contribution in [1.82, 2.24) is 10.2 Å². The van der Waals surface area contributed by atoms with Gasteiger partial charge >= 0.3 is 6.03 Å². The average Bonchev–Trinajstić information content (AvgIpc) is 2.87. The van der Waals surface area contributed by atoms with Gasteiger partial charge in [-0.15, -0.1) is 0 Å². The molecule has 3 rings (SSSR count). The number of urea groups is 1. The van der Waals surface area contributed by atoms with E-state index in [1.165, 1.54) is 0 Å². The van der Waals surface area contributed by atoms with E-state index in [1.807, 2.05) is 0 Å². The first kappa shape index (κ1) is 16.5. The third kappa shape index (κ3) is 3.16. The molecule has 0 aliphatic carbocycles. The predicted octanol–water partition coefficient (Wildman–Crippen LogP) is 2.46. The normalized spacial score (nSPS) is 14.1. The fourth-order valence-corrected chi connectivity index (χ4v) is 2.66. The highest BCUT2D eigenvalue weighted by atomic mass is 16.5. The molecule has 4 amide bonds. The lowest BCUT2D eigenvalue weighted by atomic mass is 10.1. The number of carbonyl (C=O) groups excluding carboxylic acids is 3. The first-order valence-corrected chi connectivity index (χ1v) is 7.69. The molecule has 0 saturated heterocycles. The Morgan fingerprint density at radius 2 is 1.56 bits per heavy atom. The van der Waals surface area contributed by atoms with Crippen molar-refractivity contribution in [2.75, 3.05) is 12.4 Å². The lowest BCUT2D eigenvalue weighted by Crippen LogP contribution is -2.50. The number of hydrogen-bond acceptors (Lipinski definition) is 4. The van der Waals surface area contributed by atoms with Crippen molar-refractivity contribution in [3.63, 3.8) is 0 Å². The molecule has 25 heavy (non-hydrogen) atoms. The first-order valence-electron chi connectivity index (χ1n) is 7.69. The van der Waals surface area contributed by atoms with Gasteiger partial charge in [-0.05, 0) is 43.3 Å². The minimum atomic E-state index is -0.786. The Kier molecular flexibility index (Phi) is 4.38. The van der Waals surface area contributed by atoms with Crippen LogP contribution >= 0.6 is 0 Å². The Morgan fingerprint density at radius 3 is 2.08 bits per heavy atom. The minimum Gasteiger partial charge on any atom is -0.497 e. The van der Waals surface area contributed by atoms with Gasteiger partial charge in [0, 0.05) is 5.69 Å². The van der Waals surface area contributed by atoms with Crippen molar-refractivity contribution in [3.05, 3.63) is 59.7 Å². The number of anilines is 1. The number of methoxy groups -OCH3 is 1. The first-order chi connectivity index (χ1) is 12.0. The molecule has 1 aliphatic heterocycles. The summed E-state index contributed by atoms with van der Waals surface area (Å²) < 4.78 is 5.05. The maximum Gasteiger partial charge on any atom is 0.320 e. The topological polar surface area (TPSA) is 87.7 Å². The van der Waals surface area contributed by atoms with Gasteiger partial charge in [-0.3, -0.25) is 14.5 Å². The van der Waals surface area contributed by atoms with Gasteiger partial charge in [-0.2, -0.15) is 0 Å². The highest BCUT2D eigenvalue weighted by Gasteiger charge is 2.38. The van der Waals surface area contributed by atoms with E-state index in [0.717, 1.165) is 4.90 Å². The van der Waals surface area contributed by atoms with E-state index in [9.17, 15) is 14.4 Å². The van der Waals surface area contributed by atoms with E-state index >= 15 is 0 Å². The molecule has 128 valence electrons. The summed E-state index contributed by atoms with van der Waals surface area (Å²) in [4.78, 5) is 37.9. The van der Waals surface area contributed by atoms with Gasteiger partial charge in [-0.1, -0.05) is 12.1 Å². The molecule has 7 nitrogen and oxygen atoms in total. The number of amides is 4. The molecule has 2 N–H and O–H groups in total. The number of nitrogens with one attached hydrogen (secondary N) is 2. The Balaban J connectivity index is 1.66. The van der Waals surface area contributed by atoms with Crippen molar-refractivity contribution in [2.45, 2.75) is 13.1 Å². The minimum absolute atomic E-state index is 0.344. The van der Waals surface area contributed by atoms with E-state index in [4.69, 9.17) is 4.74 Å². The highest BCUT2D eigenvalue weighted by molar-refractivity contribution is 6.21. The molecule has 0 bridgehead atoms. The standard InChI is InChI=1S/C18H17N3O4/c1-11(19-18(24)20-12-7-9-13(25-2)10-8-12)21-16(22)14-5-3-4-6-15(14)17(21)23/h3-11H,1-2H3,(H2,19,20,24). The highest BCUT2D eigenvalue weighted by Crippen LogP contribution is 2.23. The molecule has 0 saturated carbocycles. The molecule has 0 radical (unpaired) electrons. The van der Waals surface area contributed by atoms with E-state index in [-0.39, 0.29) is 0 Å². The van der Waals surface area contributed by atoms with Crippen molar-refractivity contribution >= 4 is 23.5 Å². The lowest BCUT2D eigenvalue weighted by Gasteiger charge is -2.23. The quantitative estimate of drug-likeness (QED) is 0.838. The number of fused-ring (bicyclic) bond motifs is 1. The second kappa shape index (κ2) is 6.64. The van der Waals surface area contributed by atoms with Crippen LogP contribution in [-0.2, 0) is 0 Å². The number of nitrogens with zero attached hydrogens (tertiary/aromatic N) is 1. The van der Waals surface area contributed by atoms with Gasteiger partial charge in [0.15, 0.2) is 0 Å². The molecule has 2 aromatic rings. The summed E-state index contributed by atoms with van der Waals surface area (Å²) in [7, 11) is 1.55. The monoisotopic (exact) mass is 339 g/mol. The zero-order valence-corrected chi connectivity index (χ0v) is 13.8. The Labute approximate surface area is 144 Å². The van der Waals surface area contributed by atoms with E-state index in [0.29, 0.717) is 22.6 Å². The third-order valence-electron chi connectivity index (χ3n) is 3.90. The van der Waals surface area contributed by atoms with Crippen LogP contribution in [0.2, 0.25) is 0 Å². The van der Waals surface area contributed by atoms with Gasteiger partial charge in [0.1, 0.15) is 11.9 Å². The summed E-state index contributed by atoms with van der Waals surface area (Å²) in [5.74, 6) is -0.166. The van der Waals surface area contributed by atoms with Gasteiger partial charge in [-0.25, -0.2) is 4.79 Å². The average molecular weight is 339 g/mol. The number of imide groups is 1. The lowest BCUT2D eigenvalue weighted by molar-refractivity contribution is 0.0581. The van der Waals surface area contributed by atoms with Crippen LogP contribution in [0.25, 0.3) is 0 Å². The number of hydrogen-bond donors (Lipinski definition) is 2. The maximum absolute atomic E-state index is 12.4. The number of benzene rings is 2. The molecule has 0 aromatic heterocycles. The molecular formula is C18H17N3O4. The van der Waals surface area contributed by atoms with Crippen LogP contribution in [-0.4, -0.2) is 36.0 Å². The van der Waals surface area contributed by atoms with Gasteiger partial charge in [0.2, 0.25) is 0 Å². The summed E-state index contributed by atoms with van der Waals surface area (Å²) >= 11 is 0. The van der Waals surface area contributed by atoms with Gasteiger partial charge in [0.05, 0.1) is 18.2 Å². The van der Waals surface area contributed by atoms with Crippen LogP contribution in [0.3, 0.4) is 0 Å². The zero-order chi connectivity index (χ0) is 18.0. The van der Waals surface area contributed by atoms with Crippen molar-refractivity contribution in [3.8, 4) is 5.75 Å². The molecule has 1 unspecified atom stereocenters. The van der Waals surface area contributed by atoms with Gasteiger partial charge < -0.3 is 15.4 Å². The number of rotatable bonds is 4. The third-order valence-corrected chi connectivity index (χ3v) is 3.90. The molecule has 0 fully saturated rings. The second-order valence-electron chi connectivity index (χ2n) is 5.53.